The van der Waals surface area contributed by atoms with E-state index in [1.54, 1.807) is 29.4 Å². The van der Waals surface area contributed by atoms with Crippen LogP contribution < -0.4 is 4.90 Å². The van der Waals surface area contributed by atoms with Crippen molar-refractivity contribution < 1.29 is 14.7 Å². The summed E-state index contributed by atoms with van der Waals surface area (Å²) in [4.78, 5) is 34.4. The van der Waals surface area contributed by atoms with Crippen LogP contribution in [0, 0.1) is 5.92 Å². The molecule has 2 aliphatic heterocycles. The topological polar surface area (TPSA) is 73.7 Å². The van der Waals surface area contributed by atoms with Crippen molar-refractivity contribution in [3.63, 3.8) is 0 Å². The quantitative estimate of drug-likeness (QED) is 0.852. The molecule has 0 spiro atoms. The number of aliphatic hydroxyl groups is 1. The molecule has 2 aromatic rings. The molecule has 0 radical (unpaired) electrons. The van der Waals surface area contributed by atoms with Gasteiger partial charge in [-0.05, 0) is 36.6 Å². The maximum Gasteiger partial charge on any atom is 0.259 e. The van der Waals surface area contributed by atoms with Crippen molar-refractivity contribution in [3.8, 4) is 0 Å². The summed E-state index contributed by atoms with van der Waals surface area (Å²) in [5.41, 5.74) is 2.45. The van der Waals surface area contributed by atoms with Crippen LogP contribution >= 0.6 is 0 Å². The maximum absolute atomic E-state index is 13.4. The Morgan fingerprint density at radius 3 is 2.60 bits per heavy atom. The second-order valence-electron chi connectivity index (χ2n) is 8.64. The van der Waals surface area contributed by atoms with Gasteiger partial charge in [-0.25, -0.2) is 0 Å². The summed E-state index contributed by atoms with van der Waals surface area (Å²) in [6, 6.07) is 11.1. The fourth-order valence-corrected chi connectivity index (χ4v) is 5.59. The van der Waals surface area contributed by atoms with Gasteiger partial charge in [-0.1, -0.05) is 37.5 Å². The second kappa shape index (κ2) is 7.84. The summed E-state index contributed by atoms with van der Waals surface area (Å²) in [5.74, 6) is 0.166. The fraction of sp³-hybridized carbons (Fsp3) is 0.458. The van der Waals surface area contributed by atoms with E-state index in [1.807, 2.05) is 29.2 Å². The number of nitrogens with zero attached hydrogens (tertiary/aromatic N) is 3. The molecule has 1 N–H and O–H groups in total. The van der Waals surface area contributed by atoms with E-state index in [1.165, 1.54) is 6.42 Å². The van der Waals surface area contributed by atoms with Crippen molar-refractivity contribution in [2.75, 3.05) is 18.1 Å². The van der Waals surface area contributed by atoms with E-state index in [0.29, 0.717) is 12.1 Å². The van der Waals surface area contributed by atoms with Gasteiger partial charge in [0.05, 0.1) is 24.3 Å². The average Bonchev–Trinajstić information content (AvgIpc) is 2.80. The number of benzene rings is 1. The third-order valence-corrected chi connectivity index (χ3v) is 7.05. The highest BCUT2D eigenvalue weighted by atomic mass is 16.3. The molecule has 3 heterocycles. The van der Waals surface area contributed by atoms with Crippen molar-refractivity contribution in [3.05, 3.63) is 59.9 Å². The summed E-state index contributed by atoms with van der Waals surface area (Å²) in [5, 5.41) is 10.1. The molecule has 2 fully saturated rings. The van der Waals surface area contributed by atoms with Gasteiger partial charge in [0.15, 0.2) is 0 Å². The number of hydrogen-bond donors (Lipinski definition) is 1. The van der Waals surface area contributed by atoms with Gasteiger partial charge in [-0.2, -0.15) is 0 Å². The van der Waals surface area contributed by atoms with E-state index in [4.69, 9.17) is 0 Å². The number of anilines is 1. The molecule has 1 aromatic heterocycles. The fourth-order valence-electron chi connectivity index (χ4n) is 5.59. The van der Waals surface area contributed by atoms with Gasteiger partial charge in [-0.15, -0.1) is 0 Å². The molecule has 6 heteroatoms. The molecule has 3 atom stereocenters. The summed E-state index contributed by atoms with van der Waals surface area (Å²) < 4.78 is 0. The van der Waals surface area contributed by atoms with Crippen LogP contribution in [0.2, 0.25) is 0 Å². The van der Waals surface area contributed by atoms with Gasteiger partial charge in [0.2, 0.25) is 5.91 Å². The van der Waals surface area contributed by atoms with Crippen molar-refractivity contribution in [1.82, 2.24) is 9.88 Å². The molecule has 6 nitrogen and oxygen atoms in total. The predicted molar refractivity (Wildman–Crippen MR) is 113 cm³/mol. The number of carbonyl (C=O) groups is 2. The van der Waals surface area contributed by atoms with Gasteiger partial charge >= 0.3 is 0 Å². The van der Waals surface area contributed by atoms with Gasteiger partial charge in [0, 0.05) is 36.5 Å². The second-order valence-corrected chi connectivity index (χ2v) is 8.64. The minimum absolute atomic E-state index is 0.0494. The number of pyridine rings is 1. The van der Waals surface area contributed by atoms with E-state index in [0.717, 1.165) is 36.9 Å². The molecule has 3 aliphatic rings. The number of para-hydroxylation sites is 1. The van der Waals surface area contributed by atoms with Crippen molar-refractivity contribution >= 4 is 17.5 Å². The summed E-state index contributed by atoms with van der Waals surface area (Å²) in [6.45, 7) is 0.398. The SMILES string of the molecule is O=C(c1cccnc1)N1C[C@@H]2[C@H](c3ccccc31)[C@@H](CO)N2C(=O)C1CCCCC1. The lowest BCUT2D eigenvalue weighted by Gasteiger charge is -2.59. The molecule has 2 amide bonds. The molecule has 1 saturated carbocycles. The Hall–Kier alpha value is -2.73. The minimum atomic E-state index is -0.207. The Morgan fingerprint density at radius 2 is 1.87 bits per heavy atom. The van der Waals surface area contributed by atoms with E-state index in [-0.39, 0.29) is 42.3 Å². The zero-order chi connectivity index (χ0) is 20.7. The summed E-state index contributed by atoms with van der Waals surface area (Å²) in [7, 11) is 0. The van der Waals surface area contributed by atoms with Crippen LogP contribution in [0.4, 0.5) is 5.69 Å². The monoisotopic (exact) mass is 405 g/mol. The molecule has 156 valence electrons. The Bertz CT molecular complexity index is 942. The van der Waals surface area contributed by atoms with Crippen molar-refractivity contribution in [1.29, 1.82) is 0 Å². The molecule has 0 unspecified atom stereocenters. The van der Waals surface area contributed by atoms with Gasteiger partial charge < -0.3 is 14.9 Å². The Kier molecular flexibility index (Phi) is 5.03. The van der Waals surface area contributed by atoms with E-state index in [2.05, 4.69) is 4.98 Å². The Labute approximate surface area is 176 Å². The number of carbonyl (C=O) groups excluding carboxylic acids is 2. The van der Waals surface area contributed by atoms with Crippen LogP contribution in [-0.2, 0) is 4.79 Å². The highest BCUT2D eigenvalue weighted by Crippen LogP contribution is 2.49. The zero-order valence-electron chi connectivity index (χ0n) is 17.0. The number of rotatable bonds is 3. The average molecular weight is 405 g/mol. The molecule has 0 bridgehead atoms. The lowest BCUT2D eigenvalue weighted by atomic mass is 9.70. The zero-order valence-corrected chi connectivity index (χ0v) is 17.0. The lowest BCUT2D eigenvalue weighted by Crippen LogP contribution is -2.71. The third kappa shape index (κ3) is 3.01. The van der Waals surface area contributed by atoms with Crippen LogP contribution in [-0.4, -0.2) is 52.0 Å². The highest BCUT2D eigenvalue weighted by Gasteiger charge is 2.56. The van der Waals surface area contributed by atoms with Crippen LogP contribution in [0.1, 0.15) is 53.9 Å². The van der Waals surface area contributed by atoms with Crippen molar-refractivity contribution in [2.24, 2.45) is 5.92 Å². The molecule has 5 rings (SSSR count). The largest absolute Gasteiger partial charge is 0.394 e. The maximum atomic E-state index is 13.4. The Morgan fingerprint density at radius 1 is 1.07 bits per heavy atom. The van der Waals surface area contributed by atoms with Crippen LogP contribution in [0.3, 0.4) is 0 Å². The van der Waals surface area contributed by atoms with Crippen LogP contribution in [0.15, 0.2) is 48.8 Å². The van der Waals surface area contributed by atoms with E-state index >= 15 is 0 Å². The van der Waals surface area contributed by atoms with Crippen molar-refractivity contribution in [2.45, 2.75) is 50.1 Å². The van der Waals surface area contributed by atoms with Gasteiger partial charge in [-0.3, -0.25) is 14.6 Å². The van der Waals surface area contributed by atoms with Crippen LogP contribution in [0.5, 0.6) is 0 Å². The number of fused-ring (bicyclic) bond motifs is 3. The molecule has 1 aliphatic carbocycles. The minimum Gasteiger partial charge on any atom is -0.394 e. The number of amides is 2. The molecule has 1 aromatic carbocycles. The predicted octanol–water partition coefficient (Wildman–Crippen LogP) is 2.98. The smallest absolute Gasteiger partial charge is 0.259 e. The van der Waals surface area contributed by atoms with E-state index < -0.39 is 0 Å². The summed E-state index contributed by atoms with van der Waals surface area (Å²) in [6.07, 6.45) is 8.48. The number of aromatic nitrogens is 1. The molecule has 1 saturated heterocycles. The number of aliphatic hydroxyl groups excluding tert-OH is 1. The first kappa shape index (κ1) is 19.2. The first-order chi connectivity index (χ1) is 14.7. The molecular formula is C24H27N3O3. The van der Waals surface area contributed by atoms with E-state index in [9.17, 15) is 14.7 Å². The first-order valence-corrected chi connectivity index (χ1v) is 10.9. The molecular weight excluding hydrogens is 378 g/mol. The first-order valence-electron chi connectivity index (χ1n) is 10.9. The lowest BCUT2D eigenvalue weighted by molar-refractivity contribution is -0.156. The Balaban J connectivity index is 1.49. The number of hydrogen-bond acceptors (Lipinski definition) is 4. The third-order valence-electron chi connectivity index (χ3n) is 7.05. The van der Waals surface area contributed by atoms with Gasteiger partial charge in [0.25, 0.3) is 5.91 Å². The molecule has 30 heavy (non-hydrogen) atoms. The van der Waals surface area contributed by atoms with Gasteiger partial charge in [0.1, 0.15) is 0 Å². The number of likely N-dealkylation sites (tertiary alicyclic amines) is 1. The summed E-state index contributed by atoms with van der Waals surface area (Å²) >= 11 is 0. The normalized spacial score (nSPS) is 25.8. The highest BCUT2D eigenvalue weighted by molar-refractivity contribution is 6.07. The standard InChI is InChI=1S/C24H27N3O3/c28-15-21-22-18-10-4-5-11-19(18)26(23(29)17-9-6-12-25-13-17)14-20(22)27(21)24(30)16-7-2-1-3-8-16/h4-6,9-13,16,20-22,28H,1-3,7-8,14-15H2/t20-,21-,22+/m1/s1. The van der Waals surface area contributed by atoms with Crippen LogP contribution in [0.25, 0.3) is 0 Å².